The van der Waals surface area contributed by atoms with Gasteiger partial charge in [0.25, 0.3) is 5.91 Å². The van der Waals surface area contributed by atoms with Crippen molar-refractivity contribution in [2.45, 2.75) is 5.92 Å². The van der Waals surface area contributed by atoms with E-state index in [2.05, 4.69) is 15.8 Å². The Labute approximate surface area is 208 Å². The number of methoxy groups -OCH3 is 1. The molecule has 1 fully saturated rings. The summed E-state index contributed by atoms with van der Waals surface area (Å²) in [5, 5.41) is 6.74. The van der Waals surface area contributed by atoms with E-state index >= 15 is 0 Å². The van der Waals surface area contributed by atoms with Crippen LogP contribution in [0.5, 0.6) is 11.5 Å². The average molecular weight is 484 g/mol. The highest BCUT2D eigenvalue weighted by Crippen LogP contribution is 2.29. The number of hydrogen-bond donors (Lipinski definition) is 2. The first-order chi connectivity index (χ1) is 17.5. The molecule has 2 atom stereocenters. The second-order valence-corrected chi connectivity index (χ2v) is 8.07. The molecule has 8 nitrogen and oxygen atoms in total. The van der Waals surface area contributed by atoms with Crippen LogP contribution in [-0.2, 0) is 14.4 Å². The number of nitrogens with zero attached hydrogens (tertiary/aromatic N) is 1. The van der Waals surface area contributed by atoms with E-state index in [9.17, 15) is 14.4 Å². The van der Waals surface area contributed by atoms with Crippen molar-refractivity contribution in [2.24, 2.45) is 11.0 Å². The fraction of sp³-hybridized carbons (Fsp3) is 0.143. The molecule has 8 heteroatoms. The van der Waals surface area contributed by atoms with Crippen LogP contribution in [0, 0.1) is 5.92 Å². The van der Waals surface area contributed by atoms with E-state index in [1.54, 1.807) is 49.6 Å². The van der Waals surface area contributed by atoms with Gasteiger partial charge in [0.15, 0.2) is 0 Å². The number of nitrogens with one attached hydrogen (secondary N) is 2. The van der Waals surface area contributed by atoms with Crippen LogP contribution in [0.15, 0.2) is 90.0 Å². The van der Waals surface area contributed by atoms with Gasteiger partial charge in [-0.3, -0.25) is 9.59 Å². The predicted molar refractivity (Wildman–Crippen MR) is 136 cm³/mol. The first-order valence-corrected chi connectivity index (χ1v) is 11.3. The third-order valence-electron chi connectivity index (χ3n) is 5.68. The van der Waals surface area contributed by atoms with Gasteiger partial charge in [-0.25, -0.2) is 10.2 Å². The van der Waals surface area contributed by atoms with Crippen LogP contribution in [0.1, 0.15) is 22.6 Å². The maximum Gasteiger partial charge on any atom is 0.336 e. The Morgan fingerprint density at radius 2 is 1.75 bits per heavy atom. The third kappa shape index (κ3) is 6.24. The Kier molecular flexibility index (Phi) is 7.87. The molecule has 0 saturated carbocycles. The Balaban J connectivity index is 1.34. The number of amides is 2. The molecule has 0 spiro atoms. The summed E-state index contributed by atoms with van der Waals surface area (Å²) in [5.41, 5.74) is 4.80. The number of hydrazone groups is 1. The zero-order valence-electron chi connectivity index (χ0n) is 19.6. The SMILES string of the molecule is COc1ccc(C=CC(=O)Oc2cccc(C=NNC(=O)C3C(=O)NCC3c3ccccc3)c2)cc1. The van der Waals surface area contributed by atoms with Gasteiger partial charge in [0.1, 0.15) is 17.4 Å². The van der Waals surface area contributed by atoms with Crippen molar-refractivity contribution >= 4 is 30.1 Å². The third-order valence-corrected chi connectivity index (χ3v) is 5.68. The molecule has 0 aromatic heterocycles. The number of benzene rings is 3. The summed E-state index contributed by atoms with van der Waals surface area (Å²) >= 11 is 0. The highest BCUT2D eigenvalue weighted by Gasteiger charge is 2.40. The molecular formula is C28H25N3O5. The quantitative estimate of drug-likeness (QED) is 0.128. The van der Waals surface area contributed by atoms with Gasteiger partial charge in [-0.05, 0) is 47.0 Å². The van der Waals surface area contributed by atoms with Crippen molar-refractivity contribution in [3.05, 3.63) is 102 Å². The first kappa shape index (κ1) is 24.4. The molecular weight excluding hydrogens is 458 g/mol. The lowest BCUT2D eigenvalue weighted by atomic mass is 9.88. The molecule has 0 bridgehead atoms. The molecule has 0 aliphatic carbocycles. The molecule has 1 aliphatic rings. The van der Waals surface area contributed by atoms with E-state index in [1.165, 1.54) is 12.3 Å². The second-order valence-electron chi connectivity index (χ2n) is 8.07. The van der Waals surface area contributed by atoms with E-state index in [-0.39, 0.29) is 11.8 Å². The van der Waals surface area contributed by atoms with Gasteiger partial charge in [0.05, 0.1) is 13.3 Å². The zero-order valence-corrected chi connectivity index (χ0v) is 19.6. The number of carbonyl (C=O) groups is 3. The van der Waals surface area contributed by atoms with E-state index in [0.29, 0.717) is 17.9 Å². The Bertz CT molecular complexity index is 1290. The fourth-order valence-corrected chi connectivity index (χ4v) is 3.86. The van der Waals surface area contributed by atoms with Crippen molar-refractivity contribution in [3.63, 3.8) is 0 Å². The normalized spacial score (nSPS) is 17.2. The summed E-state index contributed by atoms with van der Waals surface area (Å²) in [7, 11) is 1.59. The van der Waals surface area contributed by atoms with E-state index in [1.807, 2.05) is 42.5 Å². The highest BCUT2D eigenvalue weighted by atomic mass is 16.5. The molecule has 2 unspecified atom stereocenters. The molecule has 3 aromatic rings. The minimum absolute atomic E-state index is 0.261. The van der Waals surface area contributed by atoms with Crippen molar-refractivity contribution in [1.82, 2.24) is 10.7 Å². The van der Waals surface area contributed by atoms with Gasteiger partial charge in [-0.15, -0.1) is 0 Å². The average Bonchev–Trinajstić information content (AvgIpc) is 3.30. The van der Waals surface area contributed by atoms with Gasteiger partial charge in [0.2, 0.25) is 5.91 Å². The predicted octanol–water partition coefficient (Wildman–Crippen LogP) is 3.29. The first-order valence-electron chi connectivity index (χ1n) is 11.3. The maximum absolute atomic E-state index is 12.7. The monoisotopic (exact) mass is 483 g/mol. The van der Waals surface area contributed by atoms with Crippen LogP contribution in [0.3, 0.4) is 0 Å². The van der Waals surface area contributed by atoms with Crippen LogP contribution in [-0.4, -0.2) is 37.7 Å². The molecule has 2 N–H and O–H groups in total. The molecule has 4 rings (SSSR count). The number of rotatable bonds is 8. The van der Waals surface area contributed by atoms with Crippen LogP contribution >= 0.6 is 0 Å². The molecule has 1 heterocycles. The standard InChI is InChI=1S/C28H25N3O5/c1-35-22-13-10-19(11-14-22)12-15-25(32)36-23-9-5-6-20(16-23)17-30-31-28(34)26-24(18-29-27(26)33)21-7-3-2-4-8-21/h2-17,24,26H,18H2,1H3,(H,29,33)(H,31,34). The van der Waals surface area contributed by atoms with Crippen molar-refractivity contribution in [2.75, 3.05) is 13.7 Å². The van der Waals surface area contributed by atoms with E-state index < -0.39 is 17.8 Å². The molecule has 36 heavy (non-hydrogen) atoms. The van der Waals surface area contributed by atoms with Gasteiger partial charge >= 0.3 is 5.97 Å². The van der Waals surface area contributed by atoms with Gasteiger partial charge in [0, 0.05) is 18.5 Å². The summed E-state index contributed by atoms with van der Waals surface area (Å²) in [6.45, 7) is 0.394. The summed E-state index contributed by atoms with van der Waals surface area (Å²) in [6.07, 6.45) is 4.40. The van der Waals surface area contributed by atoms with Gasteiger partial charge in [-0.2, -0.15) is 5.10 Å². The van der Waals surface area contributed by atoms with Gasteiger partial charge < -0.3 is 14.8 Å². The van der Waals surface area contributed by atoms with Gasteiger partial charge in [-0.1, -0.05) is 54.6 Å². The minimum Gasteiger partial charge on any atom is -0.497 e. The zero-order chi connectivity index (χ0) is 25.3. The minimum atomic E-state index is -0.866. The van der Waals surface area contributed by atoms with E-state index in [0.717, 1.165) is 16.9 Å². The van der Waals surface area contributed by atoms with Crippen LogP contribution in [0.2, 0.25) is 0 Å². The smallest absolute Gasteiger partial charge is 0.336 e. The Hall–Kier alpha value is -4.72. The van der Waals surface area contributed by atoms with Crippen LogP contribution < -0.4 is 20.2 Å². The summed E-state index contributed by atoms with van der Waals surface area (Å²) in [6, 6.07) is 23.4. The van der Waals surface area contributed by atoms with Crippen molar-refractivity contribution < 1.29 is 23.9 Å². The molecule has 1 aliphatic heterocycles. The lowest BCUT2D eigenvalue weighted by Gasteiger charge is -2.15. The molecule has 3 aromatic carbocycles. The summed E-state index contributed by atoms with van der Waals surface area (Å²) in [4.78, 5) is 37.2. The van der Waals surface area contributed by atoms with Crippen molar-refractivity contribution in [1.29, 1.82) is 0 Å². The summed E-state index contributed by atoms with van der Waals surface area (Å²) < 4.78 is 10.5. The van der Waals surface area contributed by atoms with Crippen molar-refractivity contribution in [3.8, 4) is 11.5 Å². The fourth-order valence-electron chi connectivity index (χ4n) is 3.86. The lowest BCUT2D eigenvalue weighted by molar-refractivity contribution is -0.133. The Morgan fingerprint density at radius 3 is 2.50 bits per heavy atom. The number of esters is 1. The number of carbonyl (C=O) groups excluding carboxylic acids is 3. The van der Waals surface area contributed by atoms with Crippen LogP contribution in [0.4, 0.5) is 0 Å². The largest absolute Gasteiger partial charge is 0.497 e. The molecule has 0 radical (unpaired) electrons. The lowest BCUT2D eigenvalue weighted by Crippen LogP contribution is -2.34. The molecule has 2 amide bonds. The van der Waals surface area contributed by atoms with E-state index in [4.69, 9.17) is 9.47 Å². The topological polar surface area (TPSA) is 106 Å². The summed E-state index contributed by atoms with van der Waals surface area (Å²) in [5.74, 6) is -1.42. The van der Waals surface area contributed by atoms with Crippen LogP contribution in [0.25, 0.3) is 6.08 Å². The second kappa shape index (κ2) is 11.6. The Morgan fingerprint density at radius 1 is 0.972 bits per heavy atom. The maximum atomic E-state index is 12.7. The molecule has 182 valence electrons. The highest BCUT2D eigenvalue weighted by molar-refractivity contribution is 6.03. The number of hydrogen-bond acceptors (Lipinski definition) is 6. The number of ether oxygens (including phenoxy) is 2. The molecule has 1 saturated heterocycles.